The maximum Gasteiger partial charge on any atom is 0.416 e. The van der Waals surface area contributed by atoms with Crippen molar-refractivity contribution in [2.24, 2.45) is 5.73 Å². The quantitative estimate of drug-likeness (QED) is 0.771. The Morgan fingerprint density at radius 1 is 1.32 bits per heavy atom. The highest BCUT2D eigenvalue weighted by Gasteiger charge is 2.31. The van der Waals surface area contributed by atoms with Crippen molar-refractivity contribution in [2.75, 3.05) is 18.4 Å². The molecule has 2 rings (SSSR count). The molecule has 22 heavy (non-hydrogen) atoms. The molecule has 0 spiro atoms. The van der Waals surface area contributed by atoms with E-state index in [0.29, 0.717) is 25.2 Å². The van der Waals surface area contributed by atoms with Gasteiger partial charge in [0.15, 0.2) is 0 Å². The van der Waals surface area contributed by atoms with E-state index in [1.165, 1.54) is 4.90 Å². The van der Waals surface area contributed by atoms with Crippen LogP contribution in [-0.2, 0) is 6.18 Å². The van der Waals surface area contributed by atoms with E-state index in [2.05, 4.69) is 5.32 Å². The van der Waals surface area contributed by atoms with Crippen LogP contribution in [0, 0.1) is 5.82 Å². The Morgan fingerprint density at radius 3 is 2.59 bits per heavy atom. The monoisotopic (exact) mass is 341 g/mol. The number of urea groups is 1. The molecule has 1 atom stereocenters. The summed E-state index contributed by atoms with van der Waals surface area (Å²) in [7, 11) is 0. The summed E-state index contributed by atoms with van der Waals surface area (Å²) in [5.41, 5.74) is 4.36. The molecule has 1 aliphatic rings. The number of anilines is 1. The van der Waals surface area contributed by atoms with Gasteiger partial charge in [-0.3, -0.25) is 0 Å². The van der Waals surface area contributed by atoms with E-state index in [9.17, 15) is 22.4 Å². The molecule has 0 saturated carbocycles. The van der Waals surface area contributed by atoms with E-state index in [4.69, 9.17) is 5.73 Å². The summed E-state index contributed by atoms with van der Waals surface area (Å²) in [6, 6.07) is 1.19. The van der Waals surface area contributed by atoms with Gasteiger partial charge in [0.25, 0.3) is 0 Å². The lowest BCUT2D eigenvalue weighted by Gasteiger charge is -2.30. The first-order chi connectivity index (χ1) is 9.75. The molecular weight excluding hydrogens is 326 g/mol. The molecule has 1 aromatic rings. The summed E-state index contributed by atoms with van der Waals surface area (Å²) in [5, 5.41) is 2.28. The van der Waals surface area contributed by atoms with E-state index in [0.717, 1.165) is 18.9 Å². The normalized spacial score (nSPS) is 18.6. The summed E-state index contributed by atoms with van der Waals surface area (Å²) in [5.74, 6) is -1.06. The Balaban J connectivity index is 0.00000242. The fraction of sp³-hybridized carbons (Fsp3) is 0.462. The number of amides is 2. The Bertz CT molecular complexity index is 539. The molecule has 1 unspecified atom stereocenters. The largest absolute Gasteiger partial charge is 0.416 e. The third-order valence-corrected chi connectivity index (χ3v) is 3.22. The molecule has 9 heteroatoms. The number of carbonyl (C=O) groups is 1. The van der Waals surface area contributed by atoms with Crippen LogP contribution in [0.15, 0.2) is 18.2 Å². The summed E-state index contributed by atoms with van der Waals surface area (Å²) in [6.07, 6.45) is -3.15. The SMILES string of the molecule is Cl.NC1CCCN(C(=O)Nc2cc(F)cc(C(F)(F)F)c2)C1. The number of piperidine rings is 1. The zero-order chi connectivity index (χ0) is 15.6. The highest BCUT2D eigenvalue weighted by molar-refractivity contribution is 5.89. The first-order valence-corrected chi connectivity index (χ1v) is 6.45. The van der Waals surface area contributed by atoms with E-state index in [-0.39, 0.29) is 24.1 Å². The topological polar surface area (TPSA) is 58.4 Å². The number of halogens is 5. The second-order valence-corrected chi connectivity index (χ2v) is 5.00. The second-order valence-electron chi connectivity index (χ2n) is 5.00. The fourth-order valence-electron chi connectivity index (χ4n) is 2.22. The van der Waals surface area contributed by atoms with Crippen LogP contribution in [0.4, 0.5) is 28.0 Å². The Hall–Kier alpha value is -1.54. The number of nitrogens with zero attached hydrogens (tertiary/aromatic N) is 1. The van der Waals surface area contributed by atoms with Crippen LogP contribution in [0.1, 0.15) is 18.4 Å². The number of benzene rings is 1. The van der Waals surface area contributed by atoms with Crippen LogP contribution in [0.25, 0.3) is 0 Å². The predicted molar refractivity (Wildman–Crippen MR) is 76.5 cm³/mol. The van der Waals surface area contributed by atoms with Crippen molar-refractivity contribution in [1.29, 1.82) is 0 Å². The molecule has 1 fully saturated rings. The number of hydrogen-bond donors (Lipinski definition) is 2. The minimum atomic E-state index is -4.67. The Kier molecular flexibility index (Phi) is 6.01. The van der Waals surface area contributed by atoms with Crippen molar-refractivity contribution in [3.8, 4) is 0 Å². The maximum absolute atomic E-state index is 13.2. The summed E-state index contributed by atoms with van der Waals surface area (Å²) in [6.45, 7) is 0.800. The number of rotatable bonds is 1. The molecule has 2 amide bonds. The molecule has 0 aromatic heterocycles. The van der Waals surface area contributed by atoms with Crippen LogP contribution in [0.3, 0.4) is 0 Å². The van der Waals surface area contributed by atoms with Crippen molar-refractivity contribution < 1.29 is 22.4 Å². The average molecular weight is 342 g/mol. The van der Waals surface area contributed by atoms with Gasteiger partial charge in [0, 0.05) is 24.8 Å². The van der Waals surface area contributed by atoms with Gasteiger partial charge in [0.2, 0.25) is 0 Å². The van der Waals surface area contributed by atoms with Crippen molar-refractivity contribution in [3.05, 3.63) is 29.6 Å². The predicted octanol–water partition coefficient (Wildman–Crippen LogP) is 3.22. The van der Waals surface area contributed by atoms with Gasteiger partial charge >= 0.3 is 12.2 Å². The van der Waals surface area contributed by atoms with Gasteiger partial charge in [-0.15, -0.1) is 12.4 Å². The van der Waals surface area contributed by atoms with E-state index < -0.39 is 23.6 Å². The zero-order valence-electron chi connectivity index (χ0n) is 11.5. The lowest BCUT2D eigenvalue weighted by Crippen LogP contribution is -2.47. The standard InChI is InChI=1S/C13H15F4N3O.ClH/c14-9-4-8(13(15,16)17)5-11(6-9)19-12(21)20-3-1-2-10(18)7-20;/h4-6,10H,1-3,7,18H2,(H,19,21);1H. The highest BCUT2D eigenvalue weighted by atomic mass is 35.5. The lowest BCUT2D eigenvalue weighted by molar-refractivity contribution is -0.137. The molecule has 0 radical (unpaired) electrons. The van der Waals surface area contributed by atoms with Gasteiger partial charge in [0.1, 0.15) is 5.82 Å². The summed E-state index contributed by atoms with van der Waals surface area (Å²) >= 11 is 0. The van der Waals surface area contributed by atoms with Crippen molar-refractivity contribution >= 4 is 24.1 Å². The second kappa shape index (κ2) is 7.15. The third kappa shape index (κ3) is 4.74. The van der Waals surface area contributed by atoms with E-state index in [1.807, 2.05) is 0 Å². The van der Waals surface area contributed by atoms with Gasteiger partial charge in [-0.05, 0) is 31.0 Å². The Morgan fingerprint density at radius 2 is 2.00 bits per heavy atom. The first kappa shape index (κ1) is 18.5. The van der Waals surface area contributed by atoms with Crippen LogP contribution < -0.4 is 11.1 Å². The highest BCUT2D eigenvalue weighted by Crippen LogP contribution is 2.31. The number of alkyl halides is 3. The van der Waals surface area contributed by atoms with Crippen molar-refractivity contribution in [1.82, 2.24) is 4.90 Å². The van der Waals surface area contributed by atoms with Gasteiger partial charge < -0.3 is 16.0 Å². The maximum atomic E-state index is 13.2. The van der Waals surface area contributed by atoms with Crippen LogP contribution >= 0.6 is 12.4 Å². The molecular formula is C13H16ClF4N3O. The average Bonchev–Trinajstić information content (AvgIpc) is 2.37. The lowest BCUT2D eigenvalue weighted by atomic mass is 10.1. The first-order valence-electron chi connectivity index (χ1n) is 6.45. The molecule has 0 aliphatic carbocycles. The molecule has 1 heterocycles. The van der Waals surface area contributed by atoms with Crippen LogP contribution in [0.2, 0.25) is 0 Å². The number of likely N-dealkylation sites (tertiary alicyclic amines) is 1. The van der Waals surface area contributed by atoms with Gasteiger partial charge in [-0.1, -0.05) is 0 Å². The van der Waals surface area contributed by atoms with Crippen LogP contribution in [-0.4, -0.2) is 30.1 Å². The number of nitrogens with one attached hydrogen (secondary N) is 1. The number of hydrogen-bond acceptors (Lipinski definition) is 2. The van der Waals surface area contributed by atoms with Crippen LogP contribution in [0.5, 0.6) is 0 Å². The molecule has 4 nitrogen and oxygen atoms in total. The number of nitrogens with two attached hydrogens (primary N) is 1. The summed E-state index contributed by atoms with van der Waals surface area (Å²) in [4.78, 5) is 13.3. The van der Waals surface area contributed by atoms with Gasteiger partial charge in [0.05, 0.1) is 5.56 Å². The molecule has 1 saturated heterocycles. The minimum Gasteiger partial charge on any atom is -0.326 e. The third-order valence-electron chi connectivity index (χ3n) is 3.22. The minimum absolute atomic E-state index is 0. The molecule has 3 N–H and O–H groups in total. The van der Waals surface area contributed by atoms with Crippen molar-refractivity contribution in [3.63, 3.8) is 0 Å². The fourth-order valence-corrected chi connectivity index (χ4v) is 2.22. The Labute approximate surface area is 131 Å². The zero-order valence-corrected chi connectivity index (χ0v) is 12.3. The number of carbonyl (C=O) groups excluding carboxylic acids is 1. The van der Waals surface area contributed by atoms with Crippen molar-refractivity contribution in [2.45, 2.75) is 25.1 Å². The molecule has 1 aliphatic heterocycles. The van der Waals surface area contributed by atoms with E-state index in [1.54, 1.807) is 0 Å². The summed E-state index contributed by atoms with van der Waals surface area (Å²) < 4.78 is 51.0. The molecule has 0 bridgehead atoms. The smallest absolute Gasteiger partial charge is 0.326 e. The molecule has 124 valence electrons. The van der Waals surface area contributed by atoms with Gasteiger partial charge in [-0.25, -0.2) is 9.18 Å². The van der Waals surface area contributed by atoms with Gasteiger partial charge in [-0.2, -0.15) is 13.2 Å². The molecule has 1 aromatic carbocycles. The van der Waals surface area contributed by atoms with E-state index >= 15 is 0 Å².